The highest BCUT2D eigenvalue weighted by Gasteiger charge is 2.13. The van der Waals surface area contributed by atoms with Gasteiger partial charge in [0, 0.05) is 20.0 Å². The van der Waals surface area contributed by atoms with Gasteiger partial charge in [0.1, 0.15) is 5.75 Å². The van der Waals surface area contributed by atoms with E-state index in [0.29, 0.717) is 16.9 Å². The summed E-state index contributed by atoms with van der Waals surface area (Å²) in [6, 6.07) is 13.0. The maximum absolute atomic E-state index is 12.4. The van der Waals surface area contributed by atoms with Crippen LogP contribution in [-0.2, 0) is 9.53 Å². The summed E-state index contributed by atoms with van der Waals surface area (Å²) in [5.74, 6) is 0.855. The van der Waals surface area contributed by atoms with E-state index in [0.717, 1.165) is 24.8 Å². The lowest BCUT2D eigenvalue weighted by atomic mass is 10.1. The number of ether oxygens (including phenoxy) is 2. The fourth-order valence-corrected chi connectivity index (χ4v) is 2.92. The van der Waals surface area contributed by atoms with E-state index < -0.39 is 5.97 Å². The van der Waals surface area contributed by atoms with Crippen molar-refractivity contribution in [1.82, 2.24) is 0 Å². The van der Waals surface area contributed by atoms with Crippen LogP contribution < -0.4 is 4.74 Å². The van der Waals surface area contributed by atoms with E-state index in [1.165, 1.54) is 18.8 Å². The summed E-state index contributed by atoms with van der Waals surface area (Å²) < 4.78 is 10.9. The molecule has 0 aliphatic heterocycles. The van der Waals surface area contributed by atoms with Crippen molar-refractivity contribution in [2.75, 3.05) is 0 Å². The minimum Gasteiger partial charge on any atom is -0.459 e. The van der Waals surface area contributed by atoms with Gasteiger partial charge in [0.15, 0.2) is 5.94 Å². The molecule has 5 nitrogen and oxygen atoms in total. The van der Waals surface area contributed by atoms with Gasteiger partial charge in [0.25, 0.3) is 0 Å². The van der Waals surface area contributed by atoms with E-state index in [1.807, 2.05) is 6.92 Å². The lowest BCUT2D eigenvalue weighted by Crippen LogP contribution is -2.15. The molecule has 0 radical (unpaired) electrons. The van der Waals surface area contributed by atoms with Gasteiger partial charge in [-0.1, -0.05) is 44.1 Å². The Morgan fingerprint density at radius 1 is 0.909 bits per heavy atom. The summed E-state index contributed by atoms with van der Waals surface area (Å²) in [6.07, 6.45) is 6.86. The molecule has 0 bridgehead atoms. The first kappa shape index (κ1) is 25.2. The highest BCUT2D eigenvalue weighted by molar-refractivity contribution is 5.92. The van der Waals surface area contributed by atoms with Crippen molar-refractivity contribution in [3.05, 3.63) is 88.1 Å². The average Bonchev–Trinajstić information content (AvgIpc) is 2.82. The van der Waals surface area contributed by atoms with Crippen LogP contribution in [-0.4, -0.2) is 24.0 Å². The van der Waals surface area contributed by atoms with Gasteiger partial charge in [-0.2, -0.15) is 0 Å². The number of rotatable bonds is 10. The first-order chi connectivity index (χ1) is 16.0. The van der Waals surface area contributed by atoms with E-state index in [-0.39, 0.29) is 20.6 Å². The van der Waals surface area contributed by atoms with Gasteiger partial charge in [-0.15, -0.1) is 0 Å². The third-order valence-corrected chi connectivity index (χ3v) is 4.71. The van der Waals surface area contributed by atoms with Crippen molar-refractivity contribution >= 4 is 24.0 Å². The summed E-state index contributed by atoms with van der Waals surface area (Å²) in [5, 5.41) is 0. The molecule has 1 unspecified atom stereocenters. The highest BCUT2D eigenvalue weighted by atomic mass is 16.5. The fourth-order valence-electron chi connectivity index (χ4n) is 2.92. The molecule has 0 aromatic heterocycles. The number of carbonyl (C=O) groups excluding carboxylic acids is 3. The number of benzene rings is 2. The van der Waals surface area contributed by atoms with Gasteiger partial charge < -0.3 is 9.47 Å². The first-order valence-electron chi connectivity index (χ1n) is 10.9. The second-order valence-electron chi connectivity index (χ2n) is 7.37. The van der Waals surface area contributed by atoms with Crippen LogP contribution in [0.2, 0.25) is 0 Å². The topological polar surface area (TPSA) is 69.7 Å². The van der Waals surface area contributed by atoms with Crippen LogP contribution in [0.4, 0.5) is 0 Å². The molecule has 0 saturated heterocycles. The van der Waals surface area contributed by atoms with Crippen LogP contribution >= 0.6 is 0 Å². The second-order valence-corrected chi connectivity index (χ2v) is 7.37. The highest BCUT2D eigenvalue weighted by Crippen LogP contribution is 2.17. The number of unbranched alkanes of at least 4 members (excludes halogenated alkanes) is 3. The minimum absolute atomic E-state index is 0. The molecular formula is C28H38O5. The molecule has 0 aliphatic rings. The van der Waals surface area contributed by atoms with Crippen molar-refractivity contribution in [1.29, 1.82) is 0 Å². The third-order valence-electron chi connectivity index (χ3n) is 4.71. The SMILES string of the molecule is CCCCCCC(C)OC(=O)c1ccc(OC(=O)c2ccc(C=C=C=C=C=C=O)cc2)cc1.[HH].[HH].[HH].[HH].[HH].[HH]. The van der Waals surface area contributed by atoms with Crippen LogP contribution in [0.15, 0.2) is 71.5 Å². The van der Waals surface area contributed by atoms with Crippen LogP contribution in [0.3, 0.4) is 0 Å². The van der Waals surface area contributed by atoms with Gasteiger partial charge >= 0.3 is 11.9 Å². The lowest BCUT2D eigenvalue weighted by Gasteiger charge is -2.13. The smallest absolute Gasteiger partial charge is 0.343 e. The Morgan fingerprint density at radius 3 is 2.24 bits per heavy atom. The molecule has 1 atom stereocenters. The van der Waals surface area contributed by atoms with Gasteiger partial charge in [-0.25, -0.2) is 14.4 Å². The first-order valence-corrected chi connectivity index (χ1v) is 10.9. The Bertz CT molecular complexity index is 1150. The third kappa shape index (κ3) is 9.32. The van der Waals surface area contributed by atoms with Crippen molar-refractivity contribution in [2.24, 2.45) is 0 Å². The summed E-state index contributed by atoms with van der Waals surface area (Å²) in [5.41, 5.74) is 11.1. The molecule has 5 heteroatoms. The predicted octanol–water partition coefficient (Wildman–Crippen LogP) is 7.36. The Labute approximate surface area is 203 Å². The summed E-state index contributed by atoms with van der Waals surface area (Å²) >= 11 is 0. The summed E-state index contributed by atoms with van der Waals surface area (Å²) in [4.78, 5) is 34.6. The maximum Gasteiger partial charge on any atom is 0.343 e. The van der Waals surface area contributed by atoms with Gasteiger partial charge in [0.2, 0.25) is 0 Å². The maximum atomic E-state index is 12.4. The molecule has 33 heavy (non-hydrogen) atoms. The second kappa shape index (κ2) is 14.1. The standard InChI is InChI=1S/C28H26O5.6H2/c1-3-4-5-8-11-22(2)32-27(30)25-17-19-26(20-18-25)33-28(31)24-15-13-23(14-16-24)12-9-6-7-10-21-29;;;;;;/h12-20,22H,3-5,8,11H2,1-2H3;6*1H. The minimum atomic E-state index is -0.518. The van der Waals surface area contributed by atoms with Crippen molar-refractivity contribution in [2.45, 2.75) is 52.1 Å². The van der Waals surface area contributed by atoms with E-state index in [9.17, 15) is 14.4 Å². The Balaban J connectivity index is -0.000000642. The summed E-state index contributed by atoms with van der Waals surface area (Å²) in [6.45, 7) is 4.06. The molecule has 0 aliphatic carbocycles. The Morgan fingerprint density at radius 2 is 1.58 bits per heavy atom. The van der Waals surface area contributed by atoms with Crippen LogP contribution in [0.5, 0.6) is 5.75 Å². The zero-order valence-corrected chi connectivity index (χ0v) is 18.9. The van der Waals surface area contributed by atoms with Gasteiger partial charge in [-0.3, -0.25) is 0 Å². The number of hydrogen-bond acceptors (Lipinski definition) is 5. The predicted molar refractivity (Wildman–Crippen MR) is 138 cm³/mol. The molecule has 0 fully saturated rings. The molecule has 0 N–H and O–H groups in total. The van der Waals surface area contributed by atoms with E-state index in [4.69, 9.17) is 9.47 Å². The monoisotopic (exact) mass is 454 g/mol. The molecule has 0 heterocycles. The molecule has 0 spiro atoms. The van der Waals surface area contributed by atoms with Crippen LogP contribution in [0, 0.1) is 0 Å². The Hall–Kier alpha value is -4.05. The van der Waals surface area contributed by atoms with E-state index in [1.54, 1.807) is 54.6 Å². The van der Waals surface area contributed by atoms with E-state index in [2.05, 4.69) is 29.8 Å². The average molecular weight is 455 g/mol. The Kier molecular flexibility index (Phi) is 10.8. The van der Waals surface area contributed by atoms with Crippen molar-refractivity contribution < 1.29 is 32.4 Å². The fraction of sp³-hybridized carbons (Fsp3) is 0.286. The number of hydrogen-bond donors (Lipinski definition) is 0. The van der Waals surface area contributed by atoms with Crippen LogP contribution in [0.1, 0.15) is 80.8 Å². The van der Waals surface area contributed by atoms with E-state index >= 15 is 0 Å². The largest absolute Gasteiger partial charge is 0.459 e. The number of esters is 2. The molecule has 2 aromatic rings. The molecular weight excluding hydrogens is 416 g/mol. The normalized spacial score (nSPS) is 10.4. The zero-order valence-electron chi connectivity index (χ0n) is 18.9. The number of carbonyl (C=O) groups is 2. The van der Waals surface area contributed by atoms with Gasteiger partial charge in [-0.05, 0) is 73.5 Å². The zero-order chi connectivity index (χ0) is 23.9. The van der Waals surface area contributed by atoms with Gasteiger partial charge in [0.05, 0.1) is 17.2 Å². The van der Waals surface area contributed by atoms with Crippen LogP contribution in [0.25, 0.3) is 6.08 Å². The van der Waals surface area contributed by atoms with Crippen molar-refractivity contribution in [3.8, 4) is 5.75 Å². The molecule has 2 rings (SSSR count). The molecule has 2 aromatic carbocycles. The molecule has 0 saturated carbocycles. The molecule has 0 amide bonds. The lowest BCUT2D eigenvalue weighted by molar-refractivity contribution is 0.0319. The van der Waals surface area contributed by atoms with Crippen molar-refractivity contribution in [3.63, 3.8) is 0 Å². The molecule has 180 valence electrons. The summed E-state index contributed by atoms with van der Waals surface area (Å²) in [7, 11) is 0. The quantitative estimate of drug-likeness (QED) is 0.123.